The number of Topliss-reactive ketones (excluding diaryl/α,β-unsaturated/α-hetero) is 1. The fraction of sp³-hybridized carbons (Fsp3) is 0.529. The smallest absolute Gasteiger partial charge is 0.162 e. The van der Waals surface area contributed by atoms with Crippen LogP contribution in [0.25, 0.3) is 0 Å². The van der Waals surface area contributed by atoms with Crippen LogP contribution in [-0.4, -0.2) is 55.0 Å². The predicted octanol–water partition coefficient (Wildman–Crippen LogP) is 1.69. The summed E-state index contributed by atoms with van der Waals surface area (Å²) < 4.78 is 0. The van der Waals surface area contributed by atoms with E-state index in [-0.39, 0.29) is 5.78 Å². The number of rotatable bonds is 8. The lowest BCUT2D eigenvalue weighted by Gasteiger charge is -2.34. The Morgan fingerprint density at radius 3 is 2.55 bits per heavy atom. The van der Waals surface area contributed by atoms with E-state index in [0.717, 1.165) is 51.1 Å². The average molecular weight is 300 g/mol. The highest BCUT2D eigenvalue weighted by Crippen LogP contribution is 2.08. The van der Waals surface area contributed by atoms with Crippen molar-refractivity contribution in [3.63, 3.8) is 0 Å². The summed E-state index contributed by atoms with van der Waals surface area (Å²) in [5, 5.41) is 10.7. The van der Waals surface area contributed by atoms with Gasteiger partial charge >= 0.3 is 0 Å². The molecule has 1 aliphatic heterocycles. The molecule has 1 aromatic rings. The molecule has 0 spiro atoms. The minimum Gasteiger partial charge on any atom is -0.301 e. The van der Waals surface area contributed by atoms with Gasteiger partial charge in [0.15, 0.2) is 5.78 Å². The zero-order valence-electron chi connectivity index (χ0n) is 13.0. The Balaban J connectivity index is 1.56. The minimum atomic E-state index is 0.242. The molecule has 2 rings (SSSR count). The van der Waals surface area contributed by atoms with Crippen LogP contribution in [0.15, 0.2) is 30.3 Å². The molecule has 1 saturated heterocycles. The van der Waals surface area contributed by atoms with E-state index in [9.17, 15) is 4.79 Å². The SMILES string of the molecule is N#CCNN1CCN(CCCCC(=O)c2ccccc2)CC1. The van der Waals surface area contributed by atoms with Crippen molar-refractivity contribution in [1.82, 2.24) is 15.3 Å². The summed E-state index contributed by atoms with van der Waals surface area (Å²) in [5.74, 6) is 0.242. The summed E-state index contributed by atoms with van der Waals surface area (Å²) >= 11 is 0. The molecule has 0 aliphatic carbocycles. The summed E-state index contributed by atoms with van der Waals surface area (Å²) in [6.45, 7) is 5.36. The van der Waals surface area contributed by atoms with Crippen LogP contribution in [0.4, 0.5) is 0 Å². The van der Waals surface area contributed by atoms with Crippen molar-refractivity contribution in [2.45, 2.75) is 19.3 Å². The molecule has 0 amide bonds. The Labute approximate surface area is 132 Å². The van der Waals surface area contributed by atoms with Crippen LogP contribution in [0.3, 0.4) is 0 Å². The summed E-state index contributed by atoms with van der Waals surface area (Å²) in [6.07, 6.45) is 2.64. The van der Waals surface area contributed by atoms with Crippen molar-refractivity contribution in [3.8, 4) is 6.07 Å². The number of piperazine rings is 1. The third kappa shape index (κ3) is 5.57. The van der Waals surface area contributed by atoms with Gasteiger partial charge in [-0.3, -0.25) is 4.79 Å². The Bertz CT molecular complexity index is 489. The topological polar surface area (TPSA) is 59.4 Å². The maximum absolute atomic E-state index is 12.0. The molecule has 118 valence electrons. The molecule has 1 fully saturated rings. The molecule has 0 atom stereocenters. The van der Waals surface area contributed by atoms with Gasteiger partial charge in [0.2, 0.25) is 0 Å². The number of benzene rings is 1. The number of ketones is 1. The van der Waals surface area contributed by atoms with Gasteiger partial charge in [0, 0.05) is 38.2 Å². The summed E-state index contributed by atoms with van der Waals surface area (Å²) in [6, 6.07) is 11.6. The van der Waals surface area contributed by atoms with Gasteiger partial charge in [0.25, 0.3) is 0 Å². The normalized spacial score (nSPS) is 16.3. The van der Waals surface area contributed by atoms with Crippen molar-refractivity contribution >= 4 is 5.78 Å². The number of unbranched alkanes of at least 4 members (excludes halogenated alkanes) is 1. The van der Waals surface area contributed by atoms with Crippen LogP contribution < -0.4 is 5.43 Å². The van der Waals surface area contributed by atoms with Gasteiger partial charge < -0.3 is 4.90 Å². The van der Waals surface area contributed by atoms with E-state index < -0.39 is 0 Å². The highest BCUT2D eigenvalue weighted by Gasteiger charge is 2.15. The second kappa shape index (κ2) is 9.31. The van der Waals surface area contributed by atoms with Gasteiger partial charge in [-0.05, 0) is 19.4 Å². The average Bonchev–Trinajstić information content (AvgIpc) is 2.58. The molecular formula is C17H24N4O. The summed E-state index contributed by atoms with van der Waals surface area (Å²) in [7, 11) is 0. The summed E-state index contributed by atoms with van der Waals surface area (Å²) in [4.78, 5) is 14.4. The van der Waals surface area contributed by atoms with Crippen molar-refractivity contribution < 1.29 is 4.79 Å². The first kappa shape index (κ1) is 16.6. The monoisotopic (exact) mass is 300 g/mol. The molecule has 0 bridgehead atoms. The first-order valence-electron chi connectivity index (χ1n) is 7.95. The number of nitrogens with one attached hydrogen (secondary N) is 1. The highest BCUT2D eigenvalue weighted by atomic mass is 16.1. The largest absolute Gasteiger partial charge is 0.301 e. The molecule has 5 nitrogen and oxygen atoms in total. The number of hydrogen-bond donors (Lipinski definition) is 1. The molecule has 22 heavy (non-hydrogen) atoms. The quantitative estimate of drug-likeness (QED) is 0.450. The molecule has 0 radical (unpaired) electrons. The van der Waals surface area contributed by atoms with Gasteiger partial charge in [0.05, 0.1) is 12.6 Å². The van der Waals surface area contributed by atoms with Crippen molar-refractivity contribution in [2.75, 3.05) is 39.3 Å². The van der Waals surface area contributed by atoms with E-state index >= 15 is 0 Å². The molecule has 1 aliphatic rings. The van der Waals surface area contributed by atoms with E-state index in [2.05, 4.69) is 21.4 Å². The second-order valence-corrected chi connectivity index (χ2v) is 5.57. The Morgan fingerprint density at radius 2 is 1.86 bits per heavy atom. The van der Waals surface area contributed by atoms with Crippen LogP contribution >= 0.6 is 0 Å². The van der Waals surface area contributed by atoms with Crippen LogP contribution in [0, 0.1) is 11.3 Å². The van der Waals surface area contributed by atoms with E-state index in [1.54, 1.807) is 0 Å². The first-order chi connectivity index (χ1) is 10.8. The third-order valence-electron chi connectivity index (χ3n) is 3.98. The second-order valence-electron chi connectivity index (χ2n) is 5.57. The molecule has 1 heterocycles. The number of nitrogens with zero attached hydrogens (tertiary/aromatic N) is 3. The number of carbonyl (C=O) groups is 1. The van der Waals surface area contributed by atoms with E-state index in [1.807, 2.05) is 30.3 Å². The number of hydrogen-bond acceptors (Lipinski definition) is 5. The maximum atomic E-state index is 12.0. The minimum absolute atomic E-state index is 0.242. The Morgan fingerprint density at radius 1 is 1.14 bits per heavy atom. The van der Waals surface area contributed by atoms with Gasteiger partial charge in [-0.1, -0.05) is 30.3 Å². The van der Waals surface area contributed by atoms with Gasteiger partial charge in [-0.25, -0.2) is 10.4 Å². The standard InChI is InChI=1S/C17H24N4O/c18-9-10-19-21-14-12-20(13-15-21)11-5-4-8-17(22)16-6-2-1-3-7-16/h1-3,6-7,19H,4-5,8,10-15H2. The van der Waals surface area contributed by atoms with Crippen LogP contribution in [-0.2, 0) is 0 Å². The lowest BCUT2D eigenvalue weighted by molar-refractivity contribution is 0.0915. The molecule has 0 saturated carbocycles. The van der Waals surface area contributed by atoms with Gasteiger partial charge in [0.1, 0.15) is 0 Å². The highest BCUT2D eigenvalue weighted by molar-refractivity contribution is 5.95. The molecule has 5 heteroatoms. The van der Waals surface area contributed by atoms with E-state index in [0.29, 0.717) is 13.0 Å². The zero-order chi connectivity index (χ0) is 15.6. The molecular weight excluding hydrogens is 276 g/mol. The van der Waals surface area contributed by atoms with Crippen molar-refractivity contribution in [3.05, 3.63) is 35.9 Å². The fourth-order valence-corrected chi connectivity index (χ4v) is 2.67. The number of hydrazine groups is 1. The Kier molecular flexibility index (Phi) is 7.04. The zero-order valence-corrected chi connectivity index (χ0v) is 13.0. The number of nitriles is 1. The van der Waals surface area contributed by atoms with Crippen LogP contribution in [0.2, 0.25) is 0 Å². The first-order valence-corrected chi connectivity index (χ1v) is 7.95. The van der Waals surface area contributed by atoms with Crippen molar-refractivity contribution in [1.29, 1.82) is 5.26 Å². The fourth-order valence-electron chi connectivity index (χ4n) is 2.67. The lowest BCUT2D eigenvalue weighted by atomic mass is 10.1. The Hall–Kier alpha value is -1.74. The molecule has 1 N–H and O–H groups in total. The predicted molar refractivity (Wildman–Crippen MR) is 86.3 cm³/mol. The van der Waals surface area contributed by atoms with E-state index in [4.69, 9.17) is 5.26 Å². The van der Waals surface area contributed by atoms with Crippen molar-refractivity contribution in [2.24, 2.45) is 0 Å². The lowest BCUT2D eigenvalue weighted by Crippen LogP contribution is -2.52. The van der Waals surface area contributed by atoms with Crippen LogP contribution in [0.5, 0.6) is 0 Å². The molecule has 1 aromatic carbocycles. The van der Waals surface area contributed by atoms with E-state index in [1.165, 1.54) is 0 Å². The molecule has 0 unspecified atom stereocenters. The molecule has 0 aromatic heterocycles. The maximum Gasteiger partial charge on any atom is 0.162 e. The third-order valence-corrected chi connectivity index (χ3v) is 3.98. The van der Waals surface area contributed by atoms with Gasteiger partial charge in [-0.15, -0.1) is 0 Å². The van der Waals surface area contributed by atoms with Crippen LogP contribution in [0.1, 0.15) is 29.6 Å². The number of carbonyl (C=O) groups excluding carboxylic acids is 1. The van der Waals surface area contributed by atoms with Gasteiger partial charge in [-0.2, -0.15) is 5.26 Å². The summed E-state index contributed by atoms with van der Waals surface area (Å²) in [5.41, 5.74) is 3.91.